The Kier molecular flexibility index (Phi) is 4.17. The molecule has 0 fully saturated rings. The van der Waals surface area contributed by atoms with E-state index >= 15 is 0 Å². The van der Waals surface area contributed by atoms with Gasteiger partial charge in [-0.25, -0.2) is 19.3 Å². The third-order valence-corrected chi connectivity index (χ3v) is 3.95. The first-order valence-corrected chi connectivity index (χ1v) is 8.05. The van der Waals surface area contributed by atoms with Crippen LogP contribution in [0.25, 0.3) is 17.2 Å². The van der Waals surface area contributed by atoms with Crippen molar-refractivity contribution in [3.8, 4) is 11.6 Å². The predicted molar refractivity (Wildman–Crippen MR) is 96.3 cm³/mol. The molecule has 4 rings (SSSR count). The van der Waals surface area contributed by atoms with E-state index in [0.717, 1.165) is 5.56 Å². The molecule has 134 valence electrons. The van der Waals surface area contributed by atoms with Gasteiger partial charge in [-0.1, -0.05) is 12.1 Å². The number of carbonyl (C=O) groups excluding carboxylic acids is 1. The fourth-order valence-electron chi connectivity index (χ4n) is 2.71. The van der Waals surface area contributed by atoms with Gasteiger partial charge in [-0.2, -0.15) is 4.98 Å². The summed E-state index contributed by atoms with van der Waals surface area (Å²) in [5.41, 5.74) is 7.08. The van der Waals surface area contributed by atoms with Gasteiger partial charge in [0.25, 0.3) is 5.91 Å². The van der Waals surface area contributed by atoms with Gasteiger partial charge in [0.15, 0.2) is 5.82 Å². The molecule has 0 atom stereocenters. The number of hydrogen-bond acceptors (Lipinski definition) is 6. The minimum Gasteiger partial charge on any atom is -0.366 e. The Morgan fingerprint density at radius 2 is 2.07 bits per heavy atom. The first-order valence-electron chi connectivity index (χ1n) is 8.05. The molecule has 0 aliphatic rings. The van der Waals surface area contributed by atoms with Crippen LogP contribution in [0.15, 0.2) is 55.1 Å². The number of pyridine rings is 1. The number of nitrogens with two attached hydrogens (primary N) is 1. The van der Waals surface area contributed by atoms with Crippen LogP contribution in [0.5, 0.6) is 0 Å². The fraction of sp³-hybridized carbons (Fsp3) is 0.0556. The van der Waals surface area contributed by atoms with Crippen molar-refractivity contribution in [2.24, 2.45) is 5.73 Å². The molecule has 0 saturated heterocycles. The number of imidazole rings is 1. The van der Waals surface area contributed by atoms with Crippen molar-refractivity contribution in [1.82, 2.24) is 24.3 Å². The maximum absolute atomic E-state index is 13.3. The third kappa shape index (κ3) is 3.30. The van der Waals surface area contributed by atoms with Crippen molar-refractivity contribution in [2.45, 2.75) is 6.54 Å². The smallest absolute Gasteiger partial charge is 0.250 e. The number of aromatic nitrogens is 5. The van der Waals surface area contributed by atoms with E-state index in [1.165, 1.54) is 18.5 Å². The normalized spacial score (nSPS) is 10.9. The van der Waals surface area contributed by atoms with Gasteiger partial charge in [0, 0.05) is 12.7 Å². The summed E-state index contributed by atoms with van der Waals surface area (Å²) in [6.07, 6.45) is 4.64. The summed E-state index contributed by atoms with van der Waals surface area (Å²) in [6, 6.07) is 9.58. The molecule has 9 heteroatoms. The van der Waals surface area contributed by atoms with Crippen molar-refractivity contribution in [3.05, 3.63) is 72.1 Å². The average molecular weight is 363 g/mol. The van der Waals surface area contributed by atoms with Gasteiger partial charge in [0.1, 0.15) is 12.1 Å². The second-order valence-electron chi connectivity index (χ2n) is 5.74. The van der Waals surface area contributed by atoms with Gasteiger partial charge in [0.2, 0.25) is 11.8 Å². The molecule has 27 heavy (non-hydrogen) atoms. The van der Waals surface area contributed by atoms with Gasteiger partial charge in [-0.15, -0.1) is 0 Å². The van der Waals surface area contributed by atoms with Gasteiger partial charge >= 0.3 is 0 Å². The molecule has 3 aromatic heterocycles. The molecule has 1 amide bonds. The Morgan fingerprint density at radius 1 is 1.19 bits per heavy atom. The standard InChI is InChI=1S/C18H14FN7O/c19-12-4-1-3-11(7-12)8-22-18-24-10-23-16(25-18)17-21-9-14-13(15(20)27)5-2-6-26(14)17/h1-7,9-10H,8H2,(H2,20,27)(H,22,23,24,25). The lowest BCUT2D eigenvalue weighted by atomic mass is 10.2. The lowest BCUT2D eigenvalue weighted by Crippen LogP contribution is -2.12. The monoisotopic (exact) mass is 363 g/mol. The van der Waals surface area contributed by atoms with E-state index in [9.17, 15) is 9.18 Å². The van der Waals surface area contributed by atoms with Crippen molar-refractivity contribution >= 4 is 17.4 Å². The summed E-state index contributed by atoms with van der Waals surface area (Å²) in [6.45, 7) is 0.357. The number of nitrogens with one attached hydrogen (secondary N) is 1. The number of primary amides is 1. The second kappa shape index (κ2) is 6.79. The van der Waals surface area contributed by atoms with E-state index in [1.807, 2.05) is 0 Å². The third-order valence-electron chi connectivity index (χ3n) is 3.95. The van der Waals surface area contributed by atoms with Gasteiger partial charge in [-0.05, 0) is 29.8 Å². The Labute approximate surface area is 152 Å². The first-order chi connectivity index (χ1) is 13.1. The van der Waals surface area contributed by atoms with E-state index in [0.29, 0.717) is 35.2 Å². The molecular formula is C18H14FN7O. The van der Waals surface area contributed by atoms with E-state index in [-0.39, 0.29) is 5.82 Å². The summed E-state index contributed by atoms with van der Waals surface area (Å²) >= 11 is 0. The van der Waals surface area contributed by atoms with Crippen LogP contribution >= 0.6 is 0 Å². The number of fused-ring (bicyclic) bond motifs is 1. The number of nitrogens with zero attached hydrogens (tertiary/aromatic N) is 5. The molecule has 0 aliphatic heterocycles. The van der Waals surface area contributed by atoms with Crippen molar-refractivity contribution in [2.75, 3.05) is 5.32 Å². The summed E-state index contributed by atoms with van der Waals surface area (Å²) < 4.78 is 15.0. The molecule has 8 nitrogen and oxygen atoms in total. The van der Waals surface area contributed by atoms with E-state index < -0.39 is 5.91 Å². The number of amides is 1. The lowest BCUT2D eigenvalue weighted by molar-refractivity contribution is 0.100. The maximum atomic E-state index is 13.3. The number of hydrogen-bond donors (Lipinski definition) is 2. The summed E-state index contributed by atoms with van der Waals surface area (Å²) in [5, 5.41) is 3.03. The molecule has 0 saturated carbocycles. The van der Waals surface area contributed by atoms with E-state index in [2.05, 4.69) is 25.3 Å². The Hall–Kier alpha value is -3.88. The van der Waals surface area contributed by atoms with Crippen LogP contribution in [0.2, 0.25) is 0 Å². The first kappa shape index (κ1) is 16.6. The van der Waals surface area contributed by atoms with Crippen LogP contribution in [0.1, 0.15) is 15.9 Å². The number of rotatable bonds is 5. The molecule has 0 bridgehead atoms. The molecule has 0 aliphatic carbocycles. The van der Waals surface area contributed by atoms with E-state index in [4.69, 9.17) is 5.73 Å². The van der Waals surface area contributed by atoms with E-state index in [1.54, 1.807) is 41.1 Å². The summed E-state index contributed by atoms with van der Waals surface area (Å²) in [4.78, 5) is 28.4. The number of halogens is 1. The maximum Gasteiger partial charge on any atom is 0.250 e. The number of anilines is 1. The average Bonchev–Trinajstić information content (AvgIpc) is 3.11. The van der Waals surface area contributed by atoms with Crippen LogP contribution in [-0.2, 0) is 6.54 Å². The highest BCUT2D eigenvalue weighted by molar-refractivity contribution is 5.99. The molecule has 4 aromatic rings. The highest BCUT2D eigenvalue weighted by Crippen LogP contribution is 2.19. The fourth-order valence-corrected chi connectivity index (χ4v) is 2.71. The van der Waals surface area contributed by atoms with Gasteiger partial charge < -0.3 is 11.1 Å². The van der Waals surface area contributed by atoms with Crippen LogP contribution < -0.4 is 11.1 Å². The molecule has 3 heterocycles. The zero-order valence-corrected chi connectivity index (χ0v) is 14.0. The Morgan fingerprint density at radius 3 is 2.89 bits per heavy atom. The van der Waals surface area contributed by atoms with Crippen LogP contribution in [0.3, 0.4) is 0 Å². The summed E-state index contributed by atoms with van der Waals surface area (Å²) in [5.74, 6) is 0.254. The van der Waals surface area contributed by atoms with Gasteiger partial charge in [0.05, 0.1) is 17.3 Å². The second-order valence-corrected chi connectivity index (χ2v) is 5.74. The number of benzene rings is 1. The molecular weight excluding hydrogens is 349 g/mol. The zero-order chi connectivity index (χ0) is 18.8. The summed E-state index contributed by atoms with van der Waals surface area (Å²) in [7, 11) is 0. The minimum atomic E-state index is -0.542. The Balaban J connectivity index is 1.64. The predicted octanol–water partition coefficient (Wildman–Crippen LogP) is 2.04. The van der Waals surface area contributed by atoms with Crippen molar-refractivity contribution < 1.29 is 9.18 Å². The largest absolute Gasteiger partial charge is 0.366 e. The highest BCUT2D eigenvalue weighted by Gasteiger charge is 2.14. The van der Waals surface area contributed by atoms with Crippen molar-refractivity contribution in [3.63, 3.8) is 0 Å². The minimum absolute atomic E-state index is 0.306. The Bertz CT molecular complexity index is 1140. The van der Waals surface area contributed by atoms with Crippen molar-refractivity contribution in [1.29, 1.82) is 0 Å². The lowest BCUT2D eigenvalue weighted by Gasteiger charge is -2.06. The van der Waals surface area contributed by atoms with Crippen LogP contribution in [0, 0.1) is 5.82 Å². The SMILES string of the molecule is NC(=O)c1cccn2c(-c3ncnc(NCc4cccc(F)c4)n3)ncc12. The highest BCUT2D eigenvalue weighted by atomic mass is 19.1. The molecule has 0 spiro atoms. The molecule has 1 aromatic carbocycles. The zero-order valence-electron chi connectivity index (χ0n) is 14.0. The number of carbonyl (C=O) groups is 1. The van der Waals surface area contributed by atoms with Gasteiger partial charge in [-0.3, -0.25) is 9.20 Å². The topological polar surface area (TPSA) is 111 Å². The quantitative estimate of drug-likeness (QED) is 0.561. The molecule has 0 unspecified atom stereocenters. The molecule has 0 radical (unpaired) electrons. The van der Waals surface area contributed by atoms with Crippen LogP contribution in [0.4, 0.5) is 10.3 Å². The van der Waals surface area contributed by atoms with Crippen LogP contribution in [-0.4, -0.2) is 30.2 Å². The molecule has 3 N–H and O–H groups in total.